The second-order valence-corrected chi connectivity index (χ2v) is 7.70. The van der Waals surface area contributed by atoms with Gasteiger partial charge in [-0.2, -0.15) is 0 Å². The Balaban J connectivity index is 1.33. The Hall–Kier alpha value is -2.41. The minimum absolute atomic E-state index is 0.0801. The summed E-state index contributed by atoms with van der Waals surface area (Å²) >= 11 is 1.38. The molecule has 0 bridgehead atoms. The number of benzene rings is 1. The van der Waals surface area contributed by atoms with Crippen LogP contribution in [0, 0.1) is 5.92 Å². The molecule has 144 valence electrons. The Morgan fingerprint density at radius 3 is 2.56 bits per heavy atom. The molecule has 0 atom stereocenters. The predicted octanol–water partition coefficient (Wildman–Crippen LogP) is 4.02. The van der Waals surface area contributed by atoms with E-state index in [1.165, 1.54) is 30.6 Å². The summed E-state index contributed by atoms with van der Waals surface area (Å²) in [6.07, 6.45) is 6.70. The molecule has 27 heavy (non-hydrogen) atoms. The van der Waals surface area contributed by atoms with Crippen LogP contribution >= 0.6 is 11.3 Å². The zero-order chi connectivity index (χ0) is 18.9. The van der Waals surface area contributed by atoms with Crippen molar-refractivity contribution in [1.29, 1.82) is 0 Å². The highest BCUT2D eigenvalue weighted by atomic mass is 32.1. The summed E-state index contributed by atoms with van der Waals surface area (Å²) in [6, 6.07) is 9.51. The van der Waals surface area contributed by atoms with Crippen LogP contribution in [0.3, 0.4) is 0 Å². The molecule has 1 aliphatic carbocycles. The van der Waals surface area contributed by atoms with Crippen LogP contribution in [0.15, 0.2) is 35.7 Å². The smallest absolute Gasteiger partial charge is 0.321 e. The summed E-state index contributed by atoms with van der Waals surface area (Å²) in [4.78, 5) is 28.3. The summed E-state index contributed by atoms with van der Waals surface area (Å²) in [7, 11) is 0. The number of nitrogens with one attached hydrogen (secondary N) is 3. The quantitative estimate of drug-likeness (QED) is 0.629. The number of amides is 3. The molecule has 3 rings (SSSR count). The molecule has 0 unspecified atom stereocenters. The van der Waals surface area contributed by atoms with Gasteiger partial charge in [0.2, 0.25) is 5.91 Å². The Labute approximate surface area is 163 Å². The molecule has 0 saturated heterocycles. The third-order valence-electron chi connectivity index (χ3n) is 4.73. The molecule has 0 spiro atoms. The van der Waals surface area contributed by atoms with E-state index in [1.54, 1.807) is 0 Å². The van der Waals surface area contributed by atoms with Crippen LogP contribution in [-0.2, 0) is 4.79 Å². The number of anilines is 1. The van der Waals surface area contributed by atoms with Crippen molar-refractivity contribution >= 4 is 28.4 Å². The summed E-state index contributed by atoms with van der Waals surface area (Å²) in [5.41, 5.74) is 1.86. The molecular formula is C20H26N4O2S. The number of hydrogen-bond donors (Lipinski definition) is 3. The molecule has 3 N–H and O–H groups in total. The monoisotopic (exact) mass is 386 g/mol. The summed E-state index contributed by atoms with van der Waals surface area (Å²) in [6.45, 7) is 0.825. The van der Waals surface area contributed by atoms with Crippen LogP contribution in [0.5, 0.6) is 0 Å². The highest BCUT2D eigenvalue weighted by Gasteiger charge is 2.16. The number of nitrogens with zero attached hydrogens (tertiary/aromatic N) is 1. The normalized spacial score (nSPS) is 14.5. The van der Waals surface area contributed by atoms with Gasteiger partial charge in [-0.25, -0.2) is 9.78 Å². The first-order valence-corrected chi connectivity index (χ1v) is 10.4. The summed E-state index contributed by atoms with van der Waals surface area (Å²) in [5, 5.41) is 10.8. The van der Waals surface area contributed by atoms with Crippen LogP contribution in [0.2, 0.25) is 0 Å². The molecule has 1 aromatic heterocycles. The molecule has 0 radical (unpaired) electrons. The molecule has 0 aliphatic heterocycles. The maximum absolute atomic E-state index is 12.0. The van der Waals surface area contributed by atoms with Gasteiger partial charge >= 0.3 is 6.03 Å². The second-order valence-electron chi connectivity index (χ2n) is 6.84. The van der Waals surface area contributed by atoms with Gasteiger partial charge in [0.1, 0.15) is 0 Å². The van der Waals surface area contributed by atoms with Crippen molar-refractivity contribution in [3.8, 4) is 11.3 Å². The minimum Gasteiger partial charge on any atom is -0.354 e. The maximum Gasteiger partial charge on any atom is 0.321 e. The fourth-order valence-electron chi connectivity index (χ4n) is 3.32. The first-order valence-electron chi connectivity index (χ1n) is 9.53. The highest BCUT2D eigenvalue weighted by Crippen LogP contribution is 2.26. The van der Waals surface area contributed by atoms with Crippen LogP contribution in [0.4, 0.5) is 9.93 Å². The molecule has 1 aromatic carbocycles. The fourth-order valence-corrected chi connectivity index (χ4v) is 4.03. The van der Waals surface area contributed by atoms with Crippen molar-refractivity contribution in [2.45, 2.75) is 38.5 Å². The maximum atomic E-state index is 12.0. The number of rotatable bonds is 7. The molecule has 7 heteroatoms. The molecule has 1 aliphatic rings. The van der Waals surface area contributed by atoms with Crippen molar-refractivity contribution in [3.05, 3.63) is 35.7 Å². The van der Waals surface area contributed by atoms with Gasteiger partial charge in [-0.3, -0.25) is 10.1 Å². The van der Waals surface area contributed by atoms with Crippen LogP contribution in [-0.4, -0.2) is 30.0 Å². The number of aromatic nitrogens is 1. The van der Waals surface area contributed by atoms with Crippen molar-refractivity contribution in [3.63, 3.8) is 0 Å². The Morgan fingerprint density at radius 2 is 1.78 bits per heavy atom. The standard InChI is InChI=1S/C20H26N4O2S/c25-18(13-15-7-3-1-4-8-15)21-11-12-22-19(26)24-20-23-17(14-27-20)16-9-5-2-6-10-16/h2,5-6,9-10,14-15H,1,3-4,7-8,11-13H2,(H,21,25)(H2,22,23,24,26). The van der Waals surface area contributed by atoms with Gasteiger partial charge in [0, 0.05) is 30.5 Å². The third-order valence-corrected chi connectivity index (χ3v) is 5.48. The van der Waals surface area contributed by atoms with E-state index in [2.05, 4.69) is 20.9 Å². The molecule has 1 heterocycles. The second kappa shape index (κ2) is 10.1. The first kappa shape index (κ1) is 19.4. The number of carbonyl (C=O) groups excluding carboxylic acids is 2. The van der Waals surface area contributed by atoms with Gasteiger partial charge in [-0.1, -0.05) is 49.6 Å². The van der Waals surface area contributed by atoms with Crippen LogP contribution < -0.4 is 16.0 Å². The van der Waals surface area contributed by atoms with E-state index < -0.39 is 0 Å². The lowest BCUT2D eigenvalue weighted by Crippen LogP contribution is -2.37. The lowest BCUT2D eigenvalue weighted by Gasteiger charge is -2.20. The minimum atomic E-state index is -0.314. The Bertz CT molecular complexity index is 741. The summed E-state index contributed by atoms with van der Waals surface area (Å²) < 4.78 is 0. The molecular weight excluding hydrogens is 360 g/mol. The topological polar surface area (TPSA) is 83.1 Å². The zero-order valence-corrected chi connectivity index (χ0v) is 16.2. The number of urea groups is 1. The van der Waals surface area contributed by atoms with E-state index in [9.17, 15) is 9.59 Å². The Morgan fingerprint density at radius 1 is 1.04 bits per heavy atom. The van der Waals surface area contributed by atoms with Gasteiger partial charge in [0.15, 0.2) is 5.13 Å². The highest BCUT2D eigenvalue weighted by molar-refractivity contribution is 7.14. The van der Waals surface area contributed by atoms with E-state index in [0.29, 0.717) is 30.6 Å². The van der Waals surface area contributed by atoms with E-state index in [1.807, 2.05) is 35.7 Å². The lowest BCUT2D eigenvalue weighted by molar-refractivity contribution is -0.122. The molecule has 6 nitrogen and oxygen atoms in total. The van der Waals surface area contributed by atoms with E-state index in [-0.39, 0.29) is 11.9 Å². The van der Waals surface area contributed by atoms with Crippen molar-refractivity contribution in [2.24, 2.45) is 5.92 Å². The molecule has 3 amide bonds. The average Bonchev–Trinajstić information content (AvgIpc) is 3.15. The summed E-state index contributed by atoms with van der Waals surface area (Å²) in [5.74, 6) is 0.607. The predicted molar refractivity (Wildman–Crippen MR) is 109 cm³/mol. The number of hydrogen-bond acceptors (Lipinski definition) is 4. The van der Waals surface area contributed by atoms with Crippen molar-refractivity contribution < 1.29 is 9.59 Å². The van der Waals surface area contributed by atoms with Gasteiger partial charge in [-0.05, 0) is 18.8 Å². The van der Waals surface area contributed by atoms with Crippen LogP contribution in [0.25, 0.3) is 11.3 Å². The lowest BCUT2D eigenvalue weighted by atomic mass is 9.87. The average molecular weight is 387 g/mol. The molecule has 2 aromatic rings. The van der Waals surface area contributed by atoms with Gasteiger partial charge in [0.05, 0.1) is 5.69 Å². The van der Waals surface area contributed by atoms with Gasteiger partial charge < -0.3 is 10.6 Å². The number of carbonyl (C=O) groups is 2. The fraction of sp³-hybridized carbons (Fsp3) is 0.450. The first-order chi connectivity index (χ1) is 13.2. The van der Waals surface area contributed by atoms with E-state index in [0.717, 1.165) is 24.1 Å². The van der Waals surface area contributed by atoms with Crippen molar-refractivity contribution in [2.75, 3.05) is 18.4 Å². The zero-order valence-electron chi connectivity index (χ0n) is 15.4. The number of thiazole rings is 1. The SMILES string of the molecule is O=C(CC1CCCCC1)NCCNC(=O)Nc1nc(-c2ccccc2)cs1. The van der Waals surface area contributed by atoms with Crippen molar-refractivity contribution in [1.82, 2.24) is 15.6 Å². The van der Waals surface area contributed by atoms with Crippen LogP contribution in [0.1, 0.15) is 38.5 Å². The van der Waals surface area contributed by atoms with E-state index in [4.69, 9.17) is 0 Å². The third kappa shape index (κ3) is 6.36. The largest absolute Gasteiger partial charge is 0.354 e. The van der Waals surface area contributed by atoms with Gasteiger partial charge in [0.25, 0.3) is 0 Å². The molecule has 1 saturated carbocycles. The van der Waals surface area contributed by atoms with Gasteiger partial charge in [-0.15, -0.1) is 11.3 Å². The Kier molecular flexibility index (Phi) is 7.21. The van der Waals surface area contributed by atoms with E-state index >= 15 is 0 Å². The molecule has 1 fully saturated rings.